The zero-order valence-electron chi connectivity index (χ0n) is 9.81. The number of nitrogens with zero attached hydrogens (tertiary/aromatic N) is 1. The fourth-order valence-corrected chi connectivity index (χ4v) is 1.22. The summed E-state index contributed by atoms with van der Waals surface area (Å²) in [5.74, 6) is -0.354. The lowest BCUT2D eigenvalue weighted by Gasteiger charge is -2.04. The Kier molecular flexibility index (Phi) is 5.71. The van der Waals surface area contributed by atoms with Crippen LogP contribution in [0.15, 0.2) is 24.5 Å². The smallest absolute Gasteiger partial charge is 0.306 e. The van der Waals surface area contributed by atoms with Crippen LogP contribution in [0.2, 0.25) is 0 Å². The summed E-state index contributed by atoms with van der Waals surface area (Å²) in [7, 11) is 0. The van der Waals surface area contributed by atoms with Crippen LogP contribution in [-0.4, -0.2) is 23.4 Å². The van der Waals surface area contributed by atoms with E-state index in [1.807, 2.05) is 6.07 Å². The number of ether oxygens (including phenoxy) is 1. The number of nitrogens with one attached hydrogen (secondary N) is 1. The number of aromatic nitrogens is 1. The van der Waals surface area contributed by atoms with Gasteiger partial charge in [0.15, 0.2) is 0 Å². The Hall–Kier alpha value is -1.91. The molecule has 0 aliphatic carbocycles. The van der Waals surface area contributed by atoms with Crippen LogP contribution < -0.4 is 5.32 Å². The number of rotatable bonds is 6. The van der Waals surface area contributed by atoms with E-state index >= 15 is 0 Å². The fourth-order valence-electron chi connectivity index (χ4n) is 1.22. The van der Waals surface area contributed by atoms with Gasteiger partial charge in [0, 0.05) is 37.8 Å². The maximum atomic E-state index is 11.3. The second kappa shape index (κ2) is 7.38. The highest BCUT2D eigenvalue weighted by molar-refractivity contribution is 5.73. The third-order valence-corrected chi connectivity index (χ3v) is 2.05. The molecule has 0 unspecified atom stereocenters. The standard InChI is InChI=1S/C12H16N2O3/c1-10(15)14-7-3-5-12(16)17-9-11-4-2-6-13-8-11/h2,4,6,8H,3,5,7,9H2,1H3,(H,14,15). The Morgan fingerprint density at radius 3 is 2.94 bits per heavy atom. The minimum Gasteiger partial charge on any atom is -0.461 e. The minimum absolute atomic E-state index is 0.0891. The highest BCUT2D eigenvalue weighted by Gasteiger charge is 2.03. The first kappa shape index (κ1) is 13.2. The number of hydrogen-bond donors (Lipinski definition) is 1. The first-order chi connectivity index (χ1) is 8.18. The van der Waals surface area contributed by atoms with Crippen molar-refractivity contribution >= 4 is 11.9 Å². The Morgan fingerprint density at radius 1 is 1.47 bits per heavy atom. The molecule has 1 rings (SSSR count). The van der Waals surface area contributed by atoms with Crippen molar-refractivity contribution in [1.29, 1.82) is 0 Å². The summed E-state index contributed by atoms with van der Waals surface area (Å²) in [6, 6.07) is 3.64. The summed E-state index contributed by atoms with van der Waals surface area (Å²) in [5, 5.41) is 2.62. The molecule has 0 saturated heterocycles. The number of carbonyl (C=O) groups excluding carboxylic acids is 2. The van der Waals surface area contributed by atoms with Gasteiger partial charge in [0.2, 0.25) is 5.91 Å². The van der Waals surface area contributed by atoms with Crippen molar-refractivity contribution in [3.05, 3.63) is 30.1 Å². The van der Waals surface area contributed by atoms with Crippen molar-refractivity contribution < 1.29 is 14.3 Å². The molecule has 1 amide bonds. The van der Waals surface area contributed by atoms with Crippen molar-refractivity contribution in [1.82, 2.24) is 10.3 Å². The molecular weight excluding hydrogens is 220 g/mol. The Morgan fingerprint density at radius 2 is 2.29 bits per heavy atom. The third-order valence-electron chi connectivity index (χ3n) is 2.05. The van der Waals surface area contributed by atoms with Gasteiger partial charge in [-0.2, -0.15) is 0 Å². The molecular formula is C12H16N2O3. The molecule has 0 atom stereocenters. The average Bonchev–Trinajstić information content (AvgIpc) is 2.33. The molecule has 0 saturated carbocycles. The lowest BCUT2D eigenvalue weighted by molar-refractivity contribution is -0.145. The SMILES string of the molecule is CC(=O)NCCCC(=O)OCc1cccnc1. The van der Waals surface area contributed by atoms with Crippen LogP contribution in [0.25, 0.3) is 0 Å². The predicted octanol–water partition coefficient (Wildman–Crippen LogP) is 1.04. The van der Waals surface area contributed by atoms with Crippen LogP contribution in [-0.2, 0) is 20.9 Å². The van der Waals surface area contributed by atoms with Gasteiger partial charge in [-0.3, -0.25) is 14.6 Å². The first-order valence-corrected chi connectivity index (χ1v) is 5.47. The van der Waals surface area contributed by atoms with Gasteiger partial charge in [-0.15, -0.1) is 0 Å². The molecule has 0 aliphatic rings. The molecule has 1 heterocycles. The van der Waals surface area contributed by atoms with E-state index in [2.05, 4.69) is 10.3 Å². The van der Waals surface area contributed by atoms with Gasteiger partial charge in [-0.25, -0.2) is 0 Å². The Bertz CT molecular complexity index is 365. The van der Waals surface area contributed by atoms with Gasteiger partial charge in [-0.1, -0.05) is 6.07 Å². The number of amides is 1. The van der Waals surface area contributed by atoms with E-state index < -0.39 is 0 Å². The fraction of sp³-hybridized carbons (Fsp3) is 0.417. The van der Waals surface area contributed by atoms with Crippen molar-refractivity contribution in [3.8, 4) is 0 Å². The van der Waals surface area contributed by atoms with Crippen LogP contribution in [0, 0.1) is 0 Å². The maximum Gasteiger partial charge on any atom is 0.306 e. The van der Waals surface area contributed by atoms with Crippen LogP contribution in [0.5, 0.6) is 0 Å². The van der Waals surface area contributed by atoms with Crippen molar-refractivity contribution in [2.45, 2.75) is 26.4 Å². The molecule has 0 aliphatic heterocycles. The molecule has 1 aromatic heterocycles. The topological polar surface area (TPSA) is 68.3 Å². The maximum absolute atomic E-state index is 11.3. The number of esters is 1. The lowest BCUT2D eigenvalue weighted by atomic mass is 10.3. The van der Waals surface area contributed by atoms with E-state index in [1.165, 1.54) is 6.92 Å². The number of pyridine rings is 1. The molecule has 0 aromatic carbocycles. The van der Waals surface area contributed by atoms with Crippen LogP contribution in [0.4, 0.5) is 0 Å². The normalized spacial score (nSPS) is 9.71. The monoisotopic (exact) mass is 236 g/mol. The van der Waals surface area contributed by atoms with Crippen molar-refractivity contribution in [2.24, 2.45) is 0 Å². The molecule has 17 heavy (non-hydrogen) atoms. The average molecular weight is 236 g/mol. The van der Waals surface area contributed by atoms with Gasteiger partial charge in [0.1, 0.15) is 6.61 Å². The number of carbonyl (C=O) groups is 2. The summed E-state index contributed by atoms with van der Waals surface area (Å²) in [4.78, 5) is 25.8. The van der Waals surface area contributed by atoms with E-state index in [0.717, 1.165) is 5.56 Å². The van der Waals surface area contributed by atoms with Gasteiger partial charge in [0.25, 0.3) is 0 Å². The molecule has 1 aromatic rings. The van der Waals surface area contributed by atoms with Crippen LogP contribution >= 0.6 is 0 Å². The minimum atomic E-state index is -0.265. The van der Waals surface area contributed by atoms with E-state index in [4.69, 9.17) is 4.74 Å². The molecule has 92 valence electrons. The largest absolute Gasteiger partial charge is 0.461 e. The predicted molar refractivity (Wildman–Crippen MR) is 62.0 cm³/mol. The van der Waals surface area contributed by atoms with Crippen LogP contribution in [0.3, 0.4) is 0 Å². The second-order valence-electron chi connectivity index (χ2n) is 3.61. The summed E-state index contributed by atoms with van der Waals surface area (Å²) in [6.45, 7) is 2.19. The van der Waals surface area contributed by atoms with Gasteiger partial charge in [-0.05, 0) is 12.5 Å². The Labute approximate surface area is 100 Å². The molecule has 1 N–H and O–H groups in total. The molecule has 0 bridgehead atoms. The summed E-state index contributed by atoms with van der Waals surface area (Å²) < 4.78 is 5.04. The van der Waals surface area contributed by atoms with Crippen LogP contribution in [0.1, 0.15) is 25.3 Å². The van der Waals surface area contributed by atoms with Gasteiger partial charge in [0.05, 0.1) is 0 Å². The third kappa shape index (κ3) is 6.29. The molecule has 0 radical (unpaired) electrons. The first-order valence-electron chi connectivity index (χ1n) is 5.47. The van der Waals surface area contributed by atoms with Gasteiger partial charge < -0.3 is 10.1 Å². The lowest BCUT2D eigenvalue weighted by Crippen LogP contribution is -2.21. The van der Waals surface area contributed by atoms with E-state index in [1.54, 1.807) is 18.5 Å². The quantitative estimate of drug-likeness (QED) is 0.592. The zero-order chi connectivity index (χ0) is 12.5. The van der Waals surface area contributed by atoms with E-state index in [9.17, 15) is 9.59 Å². The summed E-state index contributed by atoms with van der Waals surface area (Å²) >= 11 is 0. The molecule has 0 fully saturated rings. The van der Waals surface area contributed by atoms with Crippen molar-refractivity contribution in [3.63, 3.8) is 0 Å². The highest BCUT2D eigenvalue weighted by Crippen LogP contribution is 2.00. The Balaban J connectivity index is 2.11. The van der Waals surface area contributed by atoms with E-state index in [0.29, 0.717) is 19.4 Å². The summed E-state index contributed by atoms with van der Waals surface area (Å²) in [6.07, 6.45) is 4.22. The second-order valence-corrected chi connectivity index (χ2v) is 3.61. The molecule has 5 heteroatoms. The highest BCUT2D eigenvalue weighted by atomic mass is 16.5. The molecule has 0 spiro atoms. The summed E-state index contributed by atoms with van der Waals surface area (Å²) in [5.41, 5.74) is 0.864. The van der Waals surface area contributed by atoms with Crippen molar-refractivity contribution in [2.75, 3.05) is 6.54 Å². The van der Waals surface area contributed by atoms with Gasteiger partial charge >= 0.3 is 5.97 Å². The molecule has 5 nitrogen and oxygen atoms in total. The van der Waals surface area contributed by atoms with E-state index in [-0.39, 0.29) is 18.5 Å². The zero-order valence-corrected chi connectivity index (χ0v) is 9.81. The number of hydrogen-bond acceptors (Lipinski definition) is 4.